The zero-order valence-electron chi connectivity index (χ0n) is 16.0. The second-order valence-electron chi connectivity index (χ2n) is 6.74. The third kappa shape index (κ3) is 5.02. The predicted octanol–water partition coefficient (Wildman–Crippen LogP) is 4.34. The first kappa shape index (κ1) is 21.5. The summed E-state index contributed by atoms with van der Waals surface area (Å²) in [6, 6.07) is 7.66. The lowest BCUT2D eigenvalue weighted by Gasteiger charge is -2.09. The van der Waals surface area contributed by atoms with Crippen LogP contribution in [0.15, 0.2) is 36.4 Å². The van der Waals surface area contributed by atoms with Gasteiger partial charge in [0, 0.05) is 17.5 Å². The molecule has 11 heteroatoms. The van der Waals surface area contributed by atoms with Crippen molar-refractivity contribution < 1.29 is 26.7 Å². The fraction of sp³-hybridized carbons (Fsp3) is 0.316. The molecule has 30 heavy (non-hydrogen) atoms. The van der Waals surface area contributed by atoms with Crippen LogP contribution < -0.4 is 5.32 Å². The highest BCUT2D eigenvalue weighted by Crippen LogP contribution is 2.29. The van der Waals surface area contributed by atoms with Crippen molar-refractivity contribution in [1.29, 1.82) is 0 Å². The number of nitrogens with one attached hydrogen (secondary N) is 1. The number of benzene rings is 1. The fourth-order valence-electron chi connectivity index (χ4n) is 2.87. The molecule has 6 nitrogen and oxygen atoms in total. The summed E-state index contributed by atoms with van der Waals surface area (Å²) in [5.41, 5.74) is 0.267. The van der Waals surface area contributed by atoms with Crippen molar-refractivity contribution in [3.63, 3.8) is 0 Å². The van der Waals surface area contributed by atoms with E-state index in [4.69, 9.17) is 0 Å². The van der Waals surface area contributed by atoms with Gasteiger partial charge in [0.05, 0.1) is 12.1 Å². The summed E-state index contributed by atoms with van der Waals surface area (Å²) in [5, 5.41) is 10.4. The number of anilines is 1. The molecule has 0 atom stereocenters. The minimum absolute atomic E-state index is 0.0850. The molecule has 0 aliphatic heterocycles. The van der Waals surface area contributed by atoms with Gasteiger partial charge in [0.25, 0.3) is 6.43 Å². The molecular weight excluding hydrogens is 409 g/mol. The van der Waals surface area contributed by atoms with Crippen LogP contribution in [0.3, 0.4) is 0 Å². The second kappa shape index (κ2) is 8.25. The normalized spacial score (nSPS) is 11.9. The van der Waals surface area contributed by atoms with Crippen molar-refractivity contribution in [2.24, 2.45) is 0 Å². The van der Waals surface area contributed by atoms with Crippen LogP contribution >= 0.6 is 0 Å². The molecular formula is C19H18F5N5O. The lowest BCUT2D eigenvalue weighted by Crippen LogP contribution is -2.20. The highest BCUT2D eigenvalue weighted by atomic mass is 19.4. The topological polar surface area (TPSA) is 64.7 Å². The van der Waals surface area contributed by atoms with Gasteiger partial charge in [-0.15, -0.1) is 0 Å². The van der Waals surface area contributed by atoms with Crippen LogP contribution in [0.25, 0.3) is 0 Å². The Balaban J connectivity index is 1.68. The predicted molar refractivity (Wildman–Crippen MR) is 98.1 cm³/mol. The molecule has 0 unspecified atom stereocenters. The van der Waals surface area contributed by atoms with Gasteiger partial charge in [-0.25, -0.2) is 8.78 Å². The Labute approximate surface area is 168 Å². The van der Waals surface area contributed by atoms with E-state index in [1.807, 2.05) is 0 Å². The van der Waals surface area contributed by atoms with Gasteiger partial charge in [0.1, 0.15) is 12.2 Å². The van der Waals surface area contributed by atoms with Gasteiger partial charge >= 0.3 is 6.18 Å². The lowest BCUT2D eigenvalue weighted by atomic mass is 10.1. The van der Waals surface area contributed by atoms with Gasteiger partial charge in [0.2, 0.25) is 5.91 Å². The van der Waals surface area contributed by atoms with E-state index >= 15 is 0 Å². The van der Waals surface area contributed by atoms with Gasteiger partial charge in [-0.3, -0.25) is 14.2 Å². The third-order valence-corrected chi connectivity index (χ3v) is 4.35. The number of hydrogen-bond acceptors (Lipinski definition) is 3. The van der Waals surface area contributed by atoms with Crippen molar-refractivity contribution in [2.45, 2.75) is 39.5 Å². The van der Waals surface area contributed by atoms with Crippen molar-refractivity contribution in [3.05, 3.63) is 64.6 Å². The first-order chi connectivity index (χ1) is 14.0. The van der Waals surface area contributed by atoms with E-state index in [2.05, 4.69) is 15.5 Å². The Morgan fingerprint density at radius 3 is 2.40 bits per heavy atom. The molecule has 0 radical (unpaired) electrons. The molecule has 0 spiro atoms. The summed E-state index contributed by atoms with van der Waals surface area (Å²) < 4.78 is 66.6. The molecule has 1 aromatic carbocycles. The standard InChI is InChI=1S/C19H18F5N5O/c1-11-6-15(18(20)21)26-29(11)10-17(30)25-16-7-12(2)28(27-16)9-13-4-3-5-14(8-13)19(22,23)24/h3-8,18H,9-10H2,1-2H3,(H,25,27,30). The minimum atomic E-state index is -4.44. The number of aromatic nitrogens is 4. The fourth-order valence-corrected chi connectivity index (χ4v) is 2.87. The quantitative estimate of drug-likeness (QED) is 0.596. The smallest absolute Gasteiger partial charge is 0.308 e. The van der Waals surface area contributed by atoms with E-state index in [-0.39, 0.29) is 18.9 Å². The maximum Gasteiger partial charge on any atom is 0.416 e. The number of nitrogens with zero attached hydrogens (tertiary/aromatic N) is 4. The average Bonchev–Trinajstić information content (AvgIpc) is 3.17. The van der Waals surface area contributed by atoms with Crippen molar-refractivity contribution in [3.8, 4) is 0 Å². The summed E-state index contributed by atoms with van der Waals surface area (Å²) in [5.74, 6) is -0.325. The molecule has 1 amide bonds. The molecule has 2 heterocycles. The van der Waals surface area contributed by atoms with E-state index in [1.54, 1.807) is 26.0 Å². The number of carbonyl (C=O) groups is 1. The summed E-state index contributed by atoms with van der Waals surface area (Å²) in [4.78, 5) is 12.2. The lowest BCUT2D eigenvalue weighted by molar-refractivity contribution is -0.137. The zero-order valence-corrected chi connectivity index (χ0v) is 16.0. The minimum Gasteiger partial charge on any atom is -0.308 e. The van der Waals surface area contributed by atoms with Gasteiger partial charge in [-0.1, -0.05) is 12.1 Å². The summed E-state index contributed by atoms with van der Waals surface area (Å²) in [7, 11) is 0. The first-order valence-electron chi connectivity index (χ1n) is 8.86. The molecule has 0 saturated carbocycles. The van der Waals surface area contributed by atoms with Crippen LogP contribution in [0, 0.1) is 13.8 Å². The second-order valence-corrected chi connectivity index (χ2v) is 6.74. The first-order valence-corrected chi connectivity index (χ1v) is 8.86. The Morgan fingerprint density at radius 2 is 1.77 bits per heavy atom. The number of alkyl halides is 5. The van der Waals surface area contributed by atoms with Crippen LogP contribution in [0.5, 0.6) is 0 Å². The largest absolute Gasteiger partial charge is 0.416 e. The molecule has 160 valence electrons. The maximum absolute atomic E-state index is 12.9. The van der Waals surface area contributed by atoms with Crippen molar-refractivity contribution in [2.75, 3.05) is 5.32 Å². The highest BCUT2D eigenvalue weighted by Gasteiger charge is 2.30. The summed E-state index contributed by atoms with van der Waals surface area (Å²) in [6.07, 6.45) is -7.18. The molecule has 0 fully saturated rings. The zero-order chi connectivity index (χ0) is 22.1. The third-order valence-electron chi connectivity index (χ3n) is 4.35. The van der Waals surface area contributed by atoms with Crippen LogP contribution in [0.4, 0.5) is 27.8 Å². The molecule has 0 aliphatic rings. The van der Waals surface area contributed by atoms with Gasteiger partial charge in [-0.2, -0.15) is 23.4 Å². The Bertz CT molecular complexity index is 1050. The van der Waals surface area contributed by atoms with E-state index in [9.17, 15) is 26.7 Å². The molecule has 2 aromatic heterocycles. The molecule has 0 saturated heterocycles. The maximum atomic E-state index is 12.9. The van der Waals surface area contributed by atoms with Crippen LogP contribution in [0.1, 0.15) is 34.6 Å². The number of carbonyl (C=O) groups excluding carboxylic acids is 1. The van der Waals surface area contributed by atoms with Crippen molar-refractivity contribution in [1.82, 2.24) is 19.6 Å². The van der Waals surface area contributed by atoms with Crippen LogP contribution in [-0.4, -0.2) is 25.5 Å². The SMILES string of the molecule is Cc1cc(NC(=O)Cn2nc(C(F)F)cc2C)nn1Cc1cccc(C(F)(F)F)c1. The number of amides is 1. The molecule has 3 rings (SSSR count). The van der Waals surface area contributed by atoms with Gasteiger partial charge in [0.15, 0.2) is 5.82 Å². The van der Waals surface area contributed by atoms with E-state index in [1.165, 1.54) is 16.8 Å². The molecule has 0 aliphatic carbocycles. The monoisotopic (exact) mass is 427 g/mol. The van der Waals surface area contributed by atoms with Crippen molar-refractivity contribution >= 4 is 11.7 Å². The Hall–Kier alpha value is -3.24. The van der Waals surface area contributed by atoms with E-state index in [0.717, 1.165) is 16.8 Å². The van der Waals surface area contributed by atoms with E-state index in [0.29, 0.717) is 17.0 Å². The summed E-state index contributed by atoms with van der Waals surface area (Å²) >= 11 is 0. The Kier molecular flexibility index (Phi) is 5.90. The van der Waals surface area contributed by atoms with Crippen LogP contribution in [-0.2, 0) is 24.1 Å². The Morgan fingerprint density at radius 1 is 1.07 bits per heavy atom. The van der Waals surface area contributed by atoms with E-state index < -0.39 is 29.8 Å². The number of aryl methyl sites for hydroxylation is 2. The summed E-state index contributed by atoms with van der Waals surface area (Å²) in [6.45, 7) is 3.06. The van der Waals surface area contributed by atoms with Gasteiger partial charge < -0.3 is 5.32 Å². The molecule has 0 bridgehead atoms. The number of rotatable bonds is 6. The average molecular weight is 427 g/mol. The number of halogens is 5. The molecule has 3 aromatic rings. The van der Waals surface area contributed by atoms with Crippen LogP contribution in [0.2, 0.25) is 0 Å². The highest BCUT2D eigenvalue weighted by molar-refractivity contribution is 5.89. The molecule has 1 N–H and O–H groups in total. The number of hydrogen-bond donors (Lipinski definition) is 1. The van der Waals surface area contributed by atoms with Gasteiger partial charge in [-0.05, 0) is 37.6 Å².